The van der Waals surface area contributed by atoms with E-state index in [1.807, 2.05) is 30.3 Å². The number of esters is 4. The molecule has 1 unspecified atom stereocenters. The third kappa shape index (κ3) is 5.50. The van der Waals surface area contributed by atoms with Crippen LogP contribution in [0.4, 0.5) is 0 Å². The summed E-state index contributed by atoms with van der Waals surface area (Å²) in [5, 5.41) is -0.459. The Morgan fingerprint density at radius 3 is 2.29 bits per heavy atom. The number of benzene rings is 2. The van der Waals surface area contributed by atoms with Gasteiger partial charge in [0.1, 0.15) is 30.7 Å². The molecule has 4 atom stereocenters. The van der Waals surface area contributed by atoms with Gasteiger partial charge in [-0.1, -0.05) is 30.3 Å². The topological polar surface area (TPSA) is 152 Å². The number of carbonyl (C=O) groups excluding carboxylic acids is 5. The zero-order valence-electron chi connectivity index (χ0n) is 20.9. The van der Waals surface area contributed by atoms with E-state index in [-0.39, 0.29) is 36.2 Å². The van der Waals surface area contributed by atoms with Gasteiger partial charge in [-0.25, -0.2) is 9.59 Å². The highest BCUT2D eigenvalue weighted by Gasteiger charge is 2.65. The molecular formula is C26H26N2O9S. The second-order valence-corrected chi connectivity index (χ2v) is 10.7. The molecule has 0 aromatic heterocycles. The predicted octanol–water partition coefficient (Wildman–Crippen LogP) is 1.81. The molecular weight excluding hydrogens is 516 g/mol. The average molecular weight is 543 g/mol. The van der Waals surface area contributed by atoms with Crippen LogP contribution < -0.4 is 15.2 Å². The minimum absolute atomic E-state index is 0.0167. The molecule has 4 rings (SSSR count). The first-order chi connectivity index (χ1) is 18.0. The first-order valence-electron chi connectivity index (χ1n) is 11.6. The summed E-state index contributed by atoms with van der Waals surface area (Å²) in [4.78, 5) is 62.8. The molecule has 12 heteroatoms. The van der Waals surface area contributed by atoms with Crippen LogP contribution in [-0.2, 0) is 35.3 Å². The first-order valence-corrected chi connectivity index (χ1v) is 12.5. The molecule has 0 spiro atoms. The number of rotatable bonds is 8. The molecule has 2 aliphatic rings. The second-order valence-electron chi connectivity index (χ2n) is 9.01. The van der Waals surface area contributed by atoms with Crippen LogP contribution in [-0.4, -0.2) is 63.5 Å². The molecule has 11 nitrogen and oxygen atoms in total. The van der Waals surface area contributed by atoms with E-state index in [1.165, 1.54) is 41.8 Å². The van der Waals surface area contributed by atoms with Crippen LogP contribution in [0, 0.1) is 0 Å². The van der Waals surface area contributed by atoms with Crippen LogP contribution in [0.25, 0.3) is 0 Å². The number of fused-ring (bicyclic) bond motifs is 1. The average Bonchev–Trinajstić information content (AvgIpc) is 3.17. The van der Waals surface area contributed by atoms with Crippen molar-refractivity contribution in [2.24, 2.45) is 5.73 Å². The number of hydrogen-bond acceptors (Lipinski definition) is 11. The quantitative estimate of drug-likeness (QED) is 0.295. The minimum Gasteiger partial charge on any atom is -0.461 e. The summed E-state index contributed by atoms with van der Waals surface area (Å²) in [5.41, 5.74) is 6.76. The molecule has 2 heterocycles. The third-order valence-corrected chi connectivity index (χ3v) is 7.63. The van der Waals surface area contributed by atoms with E-state index in [0.29, 0.717) is 0 Å². The molecule has 1 amide bonds. The van der Waals surface area contributed by atoms with Gasteiger partial charge < -0.3 is 29.6 Å². The number of nitrogens with two attached hydrogens (primary N) is 1. The Labute approximate surface area is 222 Å². The van der Waals surface area contributed by atoms with E-state index in [4.69, 9.17) is 24.7 Å². The van der Waals surface area contributed by atoms with Gasteiger partial charge in [0.2, 0.25) is 5.91 Å². The van der Waals surface area contributed by atoms with Crippen LogP contribution >= 0.6 is 11.8 Å². The molecule has 0 aliphatic carbocycles. The standard InChI is InChI=1S/C26H26N2O9S/c1-14(29)36-18-10-9-17(11-19(18)37-15(2)30)24(32)35-13-26(3)21(28-22(31)20(27)23(28)38-26)25(33)34-12-16-7-5-4-6-8-16/h4-11,20-21,23H,12-13,27H2,1-3H3/t20-,21?,23-,26+/m1/s1. The number of β-lactam (4-membered cyclic amide) rings is 1. The second kappa shape index (κ2) is 10.8. The van der Waals surface area contributed by atoms with Gasteiger partial charge in [0.25, 0.3) is 0 Å². The van der Waals surface area contributed by atoms with E-state index in [0.717, 1.165) is 12.5 Å². The fourth-order valence-electron chi connectivity index (χ4n) is 4.23. The van der Waals surface area contributed by atoms with E-state index >= 15 is 0 Å². The van der Waals surface area contributed by atoms with Crippen molar-refractivity contribution in [1.82, 2.24) is 4.90 Å². The Kier molecular flexibility index (Phi) is 7.74. The molecule has 2 saturated heterocycles. The van der Waals surface area contributed by atoms with Crippen LogP contribution in [0.3, 0.4) is 0 Å². The van der Waals surface area contributed by atoms with Crippen LogP contribution in [0.2, 0.25) is 0 Å². The molecule has 2 aromatic carbocycles. The minimum atomic E-state index is -1.05. The number of nitrogens with zero attached hydrogens (tertiary/aromatic N) is 1. The molecule has 0 bridgehead atoms. The highest BCUT2D eigenvalue weighted by Crippen LogP contribution is 2.51. The third-order valence-electron chi connectivity index (χ3n) is 5.99. The lowest BCUT2D eigenvalue weighted by molar-refractivity contribution is -0.164. The summed E-state index contributed by atoms with van der Waals surface area (Å²) in [6.45, 7) is 3.81. The molecule has 2 aromatic rings. The van der Waals surface area contributed by atoms with Gasteiger partial charge in [0.05, 0.1) is 10.3 Å². The van der Waals surface area contributed by atoms with Gasteiger partial charge >= 0.3 is 23.9 Å². The maximum absolute atomic E-state index is 13.2. The molecule has 2 aliphatic heterocycles. The SMILES string of the molecule is CC(=O)Oc1ccc(C(=O)OC[C@]2(C)S[C@@H]3[C@H](N)C(=O)N3C2C(=O)OCc2ccccc2)cc1OC(C)=O. The first kappa shape index (κ1) is 27.1. The predicted molar refractivity (Wildman–Crippen MR) is 134 cm³/mol. The van der Waals surface area contributed by atoms with E-state index in [1.54, 1.807) is 6.92 Å². The van der Waals surface area contributed by atoms with Gasteiger partial charge in [-0.2, -0.15) is 0 Å². The number of amides is 1. The van der Waals surface area contributed by atoms with E-state index in [9.17, 15) is 24.0 Å². The molecule has 2 N–H and O–H groups in total. The van der Waals surface area contributed by atoms with Gasteiger partial charge in [-0.05, 0) is 30.7 Å². The number of hydrogen-bond donors (Lipinski definition) is 1. The van der Waals surface area contributed by atoms with Crippen molar-refractivity contribution < 1.29 is 42.9 Å². The lowest BCUT2D eigenvalue weighted by Crippen LogP contribution is -2.69. The lowest BCUT2D eigenvalue weighted by atomic mass is 9.95. The highest BCUT2D eigenvalue weighted by molar-refractivity contribution is 8.01. The normalized spacial score (nSPS) is 23.6. The van der Waals surface area contributed by atoms with Crippen LogP contribution in [0.5, 0.6) is 11.5 Å². The number of thioether (sulfide) groups is 1. The van der Waals surface area contributed by atoms with Gasteiger partial charge in [0.15, 0.2) is 11.5 Å². The molecule has 2 fully saturated rings. The van der Waals surface area contributed by atoms with Gasteiger partial charge in [-0.3, -0.25) is 14.4 Å². The Morgan fingerprint density at radius 2 is 1.63 bits per heavy atom. The maximum Gasteiger partial charge on any atom is 0.338 e. The molecule has 38 heavy (non-hydrogen) atoms. The summed E-state index contributed by atoms with van der Waals surface area (Å²) in [6, 6.07) is 11.1. The molecule has 0 saturated carbocycles. The van der Waals surface area contributed by atoms with Crippen molar-refractivity contribution in [3.8, 4) is 11.5 Å². The monoisotopic (exact) mass is 542 g/mol. The largest absolute Gasteiger partial charge is 0.461 e. The summed E-state index contributed by atoms with van der Waals surface area (Å²) < 4.78 is 20.1. The Morgan fingerprint density at radius 1 is 0.974 bits per heavy atom. The van der Waals surface area contributed by atoms with Crippen molar-refractivity contribution in [1.29, 1.82) is 0 Å². The Balaban J connectivity index is 1.50. The Bertz CT molecular complexity index is 1280. The van der Waals surface area contributed by atoms with Crippen molar-refractivity contribution in [2.45, 2.75) is 49.6 Å². The zero-order chi connectivity index (χ0) is 27.6. The fourth-order valence-corrected chi connectivity index (χ4v) is 5.85. The maximum atomic E-state index is 13.2. The summed E-state index contributed by atoms with van der Waals surface area (Å²) in [7, 11) is 0. The Hall–Kier alpha value is -3.90. The van der Waals surface area contributed by atoms with Crippen molar-refractivity contribution in [3.05, 3.63) is 59.7 Å². The molecule has 0 radical (unpaired) electrons. The van der Waals surface area contributed by atoms with Gasteiger partial charge in [0, 0.05) is 13.8 Å². The smallest absolute Gasteiger partial charge is 0.338 e. The summed E-state index contributed by atoms with van der Waals surface area (Å²) >= 11 is 1.27. The van der Waals surface area contributed by atoms with Crippen molar-refractivity contribution in [2.75, 3.05) is 6.61 Å². The van der Waals surface area contributed by atoms with Crippen molar-refractivity contribution in [3.63, 3.8) is 0 Å². The van der Waals surface area contributed by atoms with E-state index < -0.39 is 46.1 Å². The van der Waals surface area contributed by atoms with E-state index in [2.05, 4.69) is 0 Å². The summed E-state index contributed by atoms with van der Waals surface area (Å²) in [6.07, 6.45) is 0. The fraction of sp³-hybridized carbons (Fsp3) is 0.346. The number of ether oxygens (including phenoxy) is 4. The summed E-state index contributed by atoms with van der Waals surface area (Å²) in [5.74, 6) is -3.29. The highest BCUT2D eigenvalue weighted by atomic mass is 32.2. The van der Waals surface area contributed by atoms with Crippen molar-refractivity contribution >= 4 is 41.5 Å². The zero-order valence-corrected chi connectivity index (χ0v) is 21.7. The van der Waals surface area contributed by atoms with Gasteiger partial charge in [-0.15, -0.1) is 11.8 Å². The number of carbonyl (C=O) groups is 5. The van der Waals surface area contributed by atoms with Crippen LogP contribution in [0.1, 0.15) is 36.7 Å². The van der Waals surface area contributed by atoms with Crippen LogP contribution in [0.15, 0.2) is 48.5 Å². The molecule has 200 valence electrons. The lowest BCUT2D eigenvalue weighted by Gasteiger charge is -2.42.